The third-order valence-electron chi connectivity index (χ3n) is 13.0. The normalized spacial score (nSPS) is 26.5. The Morgan fingerprint density at radius 3 is 1.75 bits per heavy atom. The summed E-state index contributed by atoms with van der Waals surface area (Å²) < 4.78 is 23.1. The number of carbonyl (C=O) groups excluding carboxylic acids is 8. The maximum Gasteiger partial charge on any atom is 0.309 e. The monoisotopic (exact) mass is 1080 g/mol. The molecule has 2 aliphatic rings. The molecule has 18 N–H and O–H groups in total. The van der Waals surface area contributed by atoms with Gasteiger partial charge in [0, 0.05) is 40.2 Å². The van der Waals surface area contributed by atoms with Crippen molar-refractivity contribution in [2.75, 3.05) is 33.4 Å². The Morgan fingerprint density at radius 2 is 1.23 bits per heavy atom. The molecule has 0 aromatic rings. The van der Waals surface area contributed by atoms with E-state index in [1.807, 2.05) is 0 Å². The van der Waals surface area contributed by atoms with Gasteiger partial charge in [-0.1, -0.05) is 20.3 Å². The Bertz CT molecular complexity index is 1900. The van der Waals surface area contributed by atoms with Crippen molar-refractivity contribution in [1.82, 2.24) is 31.9 Å². The lowest BCUT2D eigenvalue weighted by atomic mass is 9.90. The summed E-state index contributed by atoms with van der Waals surface area (Å²) in [6, 6.07) is -7.85. The van der Waals surface area contributed by atoms with E-state index in [9.17, 15) is 73.8 Å². The maximum absolute atomic E-state index is 14.3. The molecule has 0 aliphatic carbocycles. The average molecular weight is 1080 g/mol. The fraction of sp³-hybridized carbons (Fsp3) is 0.809. The molecule has 6 amide bonds. The van der Waals surface area contributed by atoms with Crippen LogP contribution in [-0.2, 0) is 62.1 Å². The van der Waals surface area contributed by atoms with Gasteiger partial charge >= 0.3 is 5.97 Å². The highest BCUT2D eigenvalue weighted by molar-refractivity contribution is 5.97. The zero-order valence-corrected chi connectivity index (χ0v) is 43.8. The second-order valence-electron chi connectivity index (χ2n) is 19.4. The summed E-state index contributed by atoms with van der Waals surface area (Å²) in [6.45, 7) is 6.95. The number of aliphatic hydroxyl groups is 5. The smallest absolute Gasteiger partial charge is 0.309 e. The SMILES string of the molecule is CO[C@@H]1C(CO)O[C@@H](O[C@@H]2C(CO)O[C@@H](NC(=O)CC(CC(=O)C(C)NC(=O)C(NC(=O)C(N)CCCCN)C(C)C)C(=O)NC(CCCCN)C(=O)CC(C(=O)O)C(C)O)C(NC(C)=O)[C@H]2O)C(NC(C)=O)[C@H]1O. The van der Waals surface area contributed by atoms with Crippen molar-refractivity contribution in [3.05, 3.63) is 0 Å². The van der Waals surface area contributed by atoms with Crippen molar-refractivity contribution in [3.8, 4) is 0 Å². The second kappa shape index (κ2) is 32.7. The highest BCUT2D eigenvalue weighted by atomic mass is 16.7. The standard InChI is InChI=1S/C47H83N9O19/c1-21(2)35(56-43(68)28(50)12-8-10-14-48)44(69)51-22(3)30(62)16-26(42(67)54-29(13-9-11-15-49)31(63)18-27(23(4)59)46(70)71)17-34(64)55-45-36(52-24(5)60)38(65)41(33(20-58)73-45)75-47-37(53-25(6)61)39(66)40(72-7)32(19-57)74-47/h21-23,26-29,32-33,35-41,45,47,57-59,65-66H,8-20,48-50H2,1-7H3,(H,51,69)(H,52,60)(H,53,61)(H,54,67)(H,55,64)(H,56,68)(H,70,71)/t22?,23?,26?,27?,28?,29?,32?,33?,35?,36?,37?,38-,39-,40-,41-,45-,47+/m1/s1. The van der Waals surface area contributed by atoms with Crippen LogP contribution in [0.3, 0.4) is 0 Å². The van der Waals surface area contributed by atoms with E-state index in [2.05, 4.69) is 31.9 Å². The van der Waals surface area contributed by atoms with Crippen molar-refractivity contribution in [1.29, 1.82) is 0 Å². The van der Waals surface area contributed by atoms with Gasteiger partial charge in [0.2, 0.25) is 35.4 Å². The van der Waals surface area contributed by atoms with Crippen LogP contribution in [0.15, 0.2) is 0 Å². The third-order valence-corrected chi connectivity index (χ3v) is 13.0. The number of carboxylic acid groups (broad SMARTS) is 1. The number of hydrogen-bond donors (Lipinski definition) is 15. The summed E-state index contributed by atoms with van der Waals surface area (Å²) in [4.78, 5) is 119. The number of aliphatic hydroxyl groups excluding tert-OH is 5. The first-order chi connectivity index (χ1) is 35.3. The highest BCUT2D eigenvalue weighted by Gasteiger charge is 2.52. The van der Waals surface area contributed by atoms with E-state index in [0.29, 0.717) is 32.2 Å². The molecule has 2 heterocycles. The number of amides is 6. The van der Waals surface area contributed by atoms with Gasteiger partial charge in [-0.3, -0.25) is 43.2 Å². The largest absolute Gasteiger partial charge is 0.481 e. The number of aliphatic carboxylic acids is 1. The number of ketones is 2. The van der Waals surface area contributed by atoms with Crippen LogP contribution in [0.4, 0.5) is 0 Å². The van der Waals surface area contributed by atoms with Gasteiger partial charge in [-0.05, 0) is 65.0 Å². The molecule has 0 radical (unpaired) electrons. The molecule has 2 fully saturated rings. The Balaban J connectivity index is 2.53. The van der Waals surface area contributed by atoms with Gasteiger partial charge in [-0.25, -0.2) is 0 Å². The topological polar surface area (TPSA) is 462 Å². The molecule has 0 aromatic heterocycles. The Morgan fingerprint density at radius 1 is 0.667 bits per heavy atom. The van der Waals surface area contributed by atoms with Crippen molar-refractivity contribution >= 4 is 53.0 Å². The van der Waals surface area contributed by atoms with Crippen molar-refractivity contribution < 1.29 is 92.7 Å². The molecule has 0 spiro atoms. The summed E-state index contributed by atoms with van der Waals surface area (Å²) in [7, 11) is 1.23. The molecule has 11 unspecified atom stereocenters. The van der Waals surface area contributed by atoms with E-state index in [-0.39, 0.29) is 19.4 Å². The Kier molecular flexibility index (Phi) is 28.9. The first-order valence-corrected chi connectivity index (χ1v) is 25.2. The van der Waals surface area contributed by atoms with E-state index in [1.165, 1.54) is 21.0 Å². The fourth-order valence-corrected chi connectivity index (χ4v) is 8.66. The molecule has 2 aliphatic heterocycles. The van der Waals surface area contributed by atoms with Crippen LogP contribution < -0.4 is 49.1 Å². The molecular weight excluding hydrogens is 995 g/mol. The minimum absolute atomic E-state index is 0.0613. The van der Waals surface area contributed by atoms with Crippen LogP contribution in [0, 0.1) is 17.8 Å². The number of nitrogens with one attached hydrogen (secondary N) is 6. The van der Waals surface area contributed by atoms with E-state index >= 15 is 0 Å². The molecule has 75 heavy (non-hydrogen) atoms. The molecular formula is C47H83N9O19. The quantitative estimate of drug-likeness (QED) is 0.0273. The summed E-state index contributed by atoms with van der Waals surface area (Å²) in [5.41, 5.74) is 17.2. The van der Waals surface area contributed by atoms with E-state index in [1.54, 1.807) is 13.8 Å². The number of rotatable bonds is 33. The average Bonchev–Trinajstić information content (AvgIpc) is 3.33. The molecule has 0 aromatic carbocycles. The number of ether oxygens (including phenoxy) is 4. The minimum atomic E-state index is -1.88. The van der Waals surface area contributed by atoms with Crippen molar-refractivity contribution in [3.63, 3.8) is 0 Å². The van der Waals surface area contributed by atoms with Gasteiger partial charge < -0.3 is 98.7 Å². The Labute approximate surface area is 436 Å². The van der Waals surface area contributed by atoms with E-state index in [0.717, 1.165) is 13.8 Å². The van der Waals surface area contributed by atoms with Crippen LogP contribution in [0.2, 0.25) is 0 Å². The zero-order valence-electron chi connectivity index (χ0n) is 43.8. The summed E-state index contributed by atoms with van der Waals surface area (Å²) in [6.07, 6.45) is -14.1. The number of carbonyl (C=O) groups is 9. The number of Topliss-reactive ketones (excluding diaryl/α,β-unsaturated/α-hetero) is 2. The maximum atomic E-state index is 14.3. The molecule has 430 valence electrons. The van der Waals surface area contributed by atoms with Gasteiger partial charge in [0.1, 0.15) is 54.7 Å². The molecule has 0 bridgehead atoms. The van der Waals surface area contributed by atoms with Crippen molar-refractivity contribution in [2.24, 2.45) is 35.0 Å². The van der Waals surface area contributed by atoms with Crippen molar-refractivity contribution in [2.45, 2.75) is 191 Å². The van der Waals surface area contributed by atoms with Gasteiger partial charge in [-0.15, -0.1) is 0 Å². The number of carboxylic acids is 1. The number of methoxy groups -OCH3 is 1. The lowest BCUT2D eigenvalue weighted by molar-refractivity contribution is -0.317. The summed E-state index contributed by atoms with van der Waals surface area (Å²) in [5.74, 6) is -11.7. The first kappa shape index (κ1) is 66.3. The van der Waals surface area contributed by atoms with Crippen LogP contribution in [0.1, 0.15) is 99.3 Å². The summed E-state index contributed by atoms with van der Waals surface area (Å²) in [5, 5.41) is 78.3. The molecule has 17 atom stereocenters. The van der Waals surface area contributed by atoms with Crippen LogP contribution >= 0.6 is 0 Å². The molecule has 28 heteroatoms. The van der Waals surface area contributed by atoms with Crippen LogP contribution in [0.25, 0.3) is 0 Å². The first-order valence-electron chi connectivity index (χ1n) is 25.2. The number of nitrogens with two attached hydrogens (primary N) is 3. The second-order valence-corrected chi connectivity index (χ2v) is 19.4. The predicted octanol–water partition coefficient (Wildman–Crippen LogP) is -5.61. The van der Waals surface area contributed by atoms with Crippen LogP contribution in [-0.4, -0.2) is 209 Å². The van der Waals surface area contributed by atoms with Crippen LogP contribution in [0.5, 0.6) is 0 Å². The van der Waals surface area contributed by atoms with Gasteiger partial charge in [0.15, 0.2) is 24.1 Å². The minimum Gasteiger partial charge on any atom is -0.481 e. The number of unbranched alkanes of at least 4 members (excludes halogenated alkanes) is 2. The van der Waals surface area contributed by atoms with Gasteiger partial charge in [-0.2, -0.15) is 0 Å². The third kappa shape index (κ3) is 20.6. The molecule has 0 saturated carbocycles. The highest BCUT2D eigenvalue weighted by Crippen LogP contribution is 2.30. The fourth-order valence-electron chi connectivity index (χ4n) is 8.66. The van der Waals surface area contributed by atoms with Gasteiger partial charge in [0.25, 0.3) is 0 Å². The number of hydrogen-bond acceptors (Lipinski definition) is 21. The summed E-state index contributed by atoms with van der Waals surface area (Å²) >= 11 is 0. The molecule has 2 rings (SSSR count). The molecule has 28 nitrogen and oxygen atoms in total. The van der Waals surface area contributed by atoms with Gasteiger partial charge in [0.05, 0.1) is 49.3 Å². The molecule has 2 saturated heterocycles. The lowest BCUT2D eigenvalue weighted by Gasteiger charge is -2.48. The van der Waals surface area contributed by atoms with E-state index in [4.69, 9.17) is 36.1 Å². The predicted molar refractivity (Wildman–Crippen MR) is 263 cm³/mol. The van der Waals surface area contributed by atoms with E-state index < -0.39 is 195 Å². The Hall–Kier alpha value is -4.85. The lowest BCUT2D eigenvalue weighted by Crippen LogP contribution is -2.71. The zero-order chi connectivity index (χ0) is 56.9.